The Hall–Kier alpha value is -1.09. The third-order valence-corrected chi connectivity index (χ3v) is 5.35. The lowest BCUT2D eigenvalue weighted by atomic mass is 10.2. The average molecular weight is 323 g/mol. The van der Waals surface area contributed by atoms with Gasteiger partial charge in [-0.2, -0.15) is 4.31 Å². The van der Waals surface area contributed by atoms with Crippen molar-refractivity contribution in [2.45, 2.75) is 23.8 Å². The molecule has 1 aromatic rings. The van der Waals surface area contributed by atoms with Crippen molar-refractivity contribution in [1.29, 1.82) is 0 Å². The Morgan fingerprint density at radius 3 is 2.65 bits per heavy atom. The predicted molar refractivity (Wildman–Crippen MR) is 77.1 cm³/mol. The van der Waals surface area contributed by atoms with Crippen LogP contribution in [0.2, 0.25) is 0 Å². The number of amides is 1. The summed E-state index contributed by atoms with van der Waals surface area (Å²) in [6.07, 6.45) is 2.98. The number of nitrogens with two attached hydrogens (primary N) is 2. The van der Waals surface area contributed by atoms with E-state index < -0.39 is 15.9 Å². The largest absolute Gasteiger partial charge is 0.364 e. The van der Waals surface area contributed by atoms with Crippen LogP contribution in [0.4, 0.5) is 0 Å². The second kappa shape index (κ2) is 6.13. The lowest BCUT2D eigenvalue weighted by molar-refractivity contribution is 0.0992. The number of carbonyl (C=O) groups excluding carboxylic acids is 1. The van der Waals surface area contributed by atoms with Gasteiger partial charge in [-0.05, 0) is 18.9 Å². The van der Waals surface area contributed by atoms with Gasteiger partial charge in [-0.15, -0.1) is 12.4 Å². The van der Waals surface area contributed by atoms with Crippen molar-refractivity contribution in [3.63, 3.8) is 0 Å². The number of sulfonamides is 1. The maximum atomic E-state index is 12.5. The number of nitrogens with zero attached hydrogens (tertiary/aromatic N) is 2. The van der Waals surface area contributed by atoms with Crippen molar-refractivity contribution in [3.8, 4) is 0 Å². The van der Waals surface area contributed by atoms with Crippen LogP contribution in [-0.2, 0) is 17.1 Å². The number of rotatable bonds is 4. The Morgan fingerprint density at radius 2 is 2.15 bits per heavy atom. The molecular weight excluding hydrogens is 304 g/mol. The summed E-state index contributed by atoms with van der Waals surface area (Å²) in [5.74, 6) is -0.652. The zero-order chi connectivity index (χ0) is 14.2. The first-order valence-electron chi connectivity index (χ1n) is 6.06. The lowest BCUT2D eigenvalue weighted by Gasteiger charge is -2.22. The van der Waals surface area contributed by atoms with Gasteiger partial charge in [0.25, 0.3) is 5.91 Å². The van der Waals surface area contributed by atoms with E-state index in [4.69, 9.17) is 11.5 Å². The molecule has 1 unspecified atom stereocenters. The highest BCUT2D eigenvalue weighted by molar-refractivity contribution is 7.89. The van der Waals surface area contributed by atoms with Crippen LogP contribution in [0.15, 0.2) is 17.2 Å². The van der Waals surface area contributed by atoms with E-state index in [2.05, 4.69) is 0 Å². The van der Waals surface area contributed by atoms with E-state index >= 15 is 0 Å². The van der Waals surface area contributed by atoms with Crippen LogP contribution < -0.4 is 11.5 Å². The summed E-state index contributed by atoms with van der Waals surface area (Å²) in [6.45, 7) is 0.764. The molecule has 20 heavy (non-hydrogen) atoms. The van der Waals surface area contributed by atoms with Gasteiger partial charge in [0.05, 0.1) is 0 Å². The smallest absolute Gasteiger partial charge is 0.265 e. The van der Waals surface area contributed by atoms with Gasteiger partial charge in [0.15, 0.2) is 0 Å². The van der Waals surface area contributed by atoms with Crippen LogP contribution in [-0.4, -0.2) is 42.3 Å². The fourth-order valence-corrected chi connectivity index (χ4v) is 4.19. The molecule has 1 aliphatic rings. The van der Waals surface area contributed by atoms with E-state index in [1.165, 1.54) is 21.1 Å². The lowest BCUT2D eigenvalue weighted by Crippen LogP contribution is -2.39. The van der Waals surface area contributed by atoms with Crippen molar-refractivity contribution in [3.05, 3.63) is 18.0 Å². The topological polar surface area (TPSA) is 111 Å². The maximum Gasteiger partial charge on any atom is 0.265 e. The van der Waals surface area contributed by atoms with Gasteiger partial charge in [0.2, 0.25) is 10.0 Å². The molecule has 7 nitrogen and oxygen atoms in total. The first-order valence-corrected chi connectivity index (χ1v) is 7.50. The molecule has 1 saturated heterocycles. The molecule has 114 valence electrons. The number of hydrogen-bond acceptors (Lipinski definition) is 4. The average Bonchev–Trinajstić information content (AvgIpc) is 2.94. The van der Waals surface area contributed by atoms with Crippen LogP contribution in [0.1, 0.15) is 23.3 Å². The number of aryl methyl sites for hydroxylation is 1. The van der Waals surface area contributed by atoms with Crippen molar-refractivity contribution in [2.24, 2.45) is 18.5 Å². The van der Waals surface area contributed by atoms with E-state index in [-0.39, 0.29) is 29.0 Å². The summed E-state index contributed by atoms with van der Waals surface area (Å²) >= 11 is 0. The van der Waals surface area contributed by atoms with E-state index in [1.54, 1.807) is 7.05 Å². The second-order valence-electron chi connectivity index (χ2n) is 4.68. The molecule has 0 bridgehead atoms. The molecule has 0 saturated carbocycles. The van der Waals surface area contributed by atoms with Crippen LogP contribution >= 0.6 is 12.4 Å². The minimum Gasteiger partial charge on any atom is -0.364 e. The summed E-state index contributed by atoms with van der Waals surface area (Å²) in [7, 11) is -2.02. The summed E-state index contributed by atoms with van der Waals surface area (Å²) in [5.41, 5.74) is 11.0. The van der Waals surface area contributed by atoms with E-state index in [0.29, 0.717) is 13.1 Å². The quantitative estimate of drug-likeness (QED) is 0.789. The van der Waals surface area contributed by atoms with Crippen molar-refractivity contribution in [1.82, 2.24) is 8.87 Å². The van der Waals surface area contributed by atoms with Gasteiger partial charge in [-0.1, -0.05) is 0 Å². The van der Waals surface area contributed by atoms with Gasteiger partial charge < -0.3 is 16.0 Å². The Labute approximate surface area is 124 Å². The second-order valence-corrected chi connectivity index (χ2v) is 6.57. The summed E-state index contributed by atoms with van der Waals surface area (Å²) < 4.78 is 27.8. The van der Waals surface area contributed by atoms with E-state index in [0.717, 1.165) is 12.8 Å². The van der Waals surface area contributed by atoms with Crippen molar-refractivity contribution < 1.29 is 13.2 Å². The molecule has 1 fully saturated rings. The highest BCUT2D eigenvalue weighted by atomic mass is 35.5. The minimum absolute atomic E-state index is 0. The molecule has 1 aliphatic heterocycles. The molecule has 1 amide bonds. The third-order valence-electron chi connectivity index (χ3n) is 3.43. The zero-order valence-electron chi connectivity index (χ0n) is 11.2. The third kappa shape index (κ3) is 2.83. The standard InChI is InChI=1S/C11H18N4O3S.ClH/c1-14-7-9(5-10(14)11(13)16)19(17,18)15-4-2-3-8(15)6-12;/h5,7-8H,2-4,6,12H2,1H3,(H2,13,16);1H. The number of carbonyl (C=O) groups is 1. The Balaban J connectivity index is 0.00000200. The van der Waals surface area contributed by atoms with Gasteiger partial charge in [-0.3, -0.25) is 4.79 Å². The number of aromatic nitrogens is 1. The number of primary amides is 1. The monoisotopic (exact) mass is 322 g/mol. The normalized spacial score (nSPS) is 19.8. The number of halogens is 1. The van der Waals surface area contributed by atoms with Crippen molar-refractivity contribution >= 4 is 28.3 Å². The highest BCUT2D eigenvalue weighted by Crippen LogP contribution is 2.26. The van der Waals surface area contributed by atoms with E-state index in [9.17, 15) is 13.2 Å². The molecule has 0 aromatic carbocycles. The van der Waals surface area contributed by atoms with Crippen LogP contribution in [0, 0.1) is 0 Å². The molecule has 4 N–H and O–H groups in total. The van der Waals surface area contributed by atoms with Gasteiger partial charge in [-0.25, -0.2) is 8.42 Å². The van der Waals surface area contributed by atoms with Gasteiger partial charge in [0.1, 0.15) is 10.6 Å². The molecule has 0 spiro atoms. The van der Waals surface area contributed by atoms with Crippen LogP contribution in [0.3, 0.4) is 0 Å². The summed E-state index contributed by atoms with van der Waals surface area (Å²) in [5, 5.41) is 0. The zero-order valence-corrected chi connectivity index (χ0v) is 12.8. The SMILES string of the molecule is Cl.Cn1cc(S(=O)(=O)N2CCCC2CN)cc1C(N)=O. The highest BCUT2D eigenvalue weighted by Gasteiger charge is 2.35. The maximum absolute atomic E-state index is 12.5. The summed E-state index contributed by atoms with van der Waals surface area (Å²) in [4.78, 5) is 11.3. The van der Waals surface area contributed by atoms with Crippen molar-refractivity contribution in [2.75, 3.05) is 13.1 Å². The molecule has 1 atom stereocenters. The minimum atomic E-state index is -3.61. The molecular formula is C11H19ClN4O3S. The predicted octanol–water partition coefficient (Wildman–Crippen LogP) is -0.342. The summed E-state index contributed by atoms with van der Waals surface area (Å²) in [6, 6.07) is 1.14. The van der Waals surface area contributed by atoms with E-state index in [1.807, 2.05) is 0 Å². The Bertz CT molecular complexity index is 599. The first-order chi connectivity index (χ1) is 8.87. The molecule has 0 radical (unpaired) electrons. The Morgan fingerprint density at radius 1 is 1.50 bits per heavy atom. The fraction of sp³-hybridized carbons (Fsp3) is 0.545. The molecule has 2 heterocycles. The Kier molecular flexibility index (Phi) is 5.20. The molecule has 9 heteroatoms. The first kappa shape index (κ1) is 17.0. The molecule has 2 rings (SSSR count). The van der Waals surface area contributed by atoms with Gasteiger partial charge in [0, 0.05) is 32.4 Å². The van der Waals surface area contributed by atoms with Crippen LogP contribution in [0.25, 0.3) is 0 Å². The van der Waals surface area contributed by atoms with Crippen LogP contribution in [0.5, 0.6) is 0 Å². The number of hydrogen-bond donors (Lipinski definition) is 2. The fourth-order valence-electron chi connectivity index (χ4n) is 2.42. The molecule has 0 aliphatic carbocycles. The molecule has 1 aromatic heterocycles. The van der Waals surface area contributed by atoms with Gasteiger partial charge >= 0.3 is 0 Å².